The van der Waals surface area contributed by atoms with Crippen molar-refractivity contribution in [3.63, 3.8) is 0 Å². The van der Waals surface area contributed by atoms with Crippen molar-refractivity contribution in [3.05, 3.63) is 0 Å². The van der Waals surface area contributed by atoms with E-state index in [9.17, 15) is 4.79 Å². The molecule has 0 amide bonds. The van der Waals surface area contributed by atoms with Gasteiger partial charge in [-0.3, -0.25) is 4.79 Å². The third kappa shape index (κ3) is 4.64. The van der Waals surface area contributed by atoms with Gasteiger partial charge < -0.3 is 4.74 Å². The van der Waals surface area contributed by atoms with E-state index in [2.05, 4.69) is 0 Å². The van der Waals surface area contributed by atoms with Crippen LogP contribution in [0.2, 0.25) is 0 Å². The predicted octanol–water partition coefficient (Wildman–Crippen LogP) is 3.44. The lowest BCUT2D eigenvalue weighted by atomic mass is 10.0. The van der Waals surface area contributed by atoms with Gasteiger partial charge in [0.05, 0.1) is 0 Å². The van der Waals surface area contributed by atoms with Crippen LogP contribution in [0, 0.1) is 0 Å². The van der Waals surface area contributed by atoms with Crippen LogP contribution in [0.15, 0.2) is 0 Å². The van der Waals surface area contributed by atoms with Gasteiger partial charge >= 0.3 is 5.97 Å². The molecule has 0 aromatic carbocycles. The molecule has 82 valence electrons. The predicted molar refractivity (Wildman–Crippen MR) is 57.1 cm³/mol. The van der Waals surface area contributed by atoms with E-state index < -0.39 is 0 Å². The van der Waals surface area contributed by atoms with E-state index in [1.807, 2.05) is 0 Å². The molecular formula is C12H22O2. The van der Waals surface area contributed by atoms with Gasteiger partial charge in [0.15, 0.2) is 0 Å². The van der Waals surface area contributed by atoms with Gasteiger partial charge in [0.1, 0.15) is 6.10 Å². The molecule has 0 saturated carbocycles. The first-order valence-electron chi connectivity index (χ1n) is 6.91. The molecule has 1 saturated heterocycles. The Labute approximate surface area is 89.8 Å². The van der Waals surface area contributed by atoms with Gasteiger partial charge in [0.2, 0.25) is 0 Å². The first-order valence-corrected chi connectivity index (χ1v) is 5.63. The van der Waals surface area contributed by atoms with Crippen LogP contribution in [-0.4, -0.2) is 12.1 Å². The Morgan fingerprint density at radius 1 is 1.50 bits per heavy atom. The minimum atomic E-state index is -0.215. The van der Waals surface area contributed by atoms with Crippen molar-refractivity contribution in [2.75, 3.05) is 0 Å². The molecule has 1 fully saturated rings. The van der Waals surface area contributed by atoms with E-state index in [0.29, 0.717) is 6.42 Å². The first kappa shape index (κ1) is 8.75. The Kier molecular flexibility index (Phi) is 4.29. The number of rotatable bonds is 6. The largest absolute Gasteiger partial charge is 0.462 e. The Bertz CT molecular complexity index is 209. The molecule has 2 heteroatoms. The van der Waals surface area contributed by atoms with E-state index >= 15 is 0 Å². The first-order chi connectivity index (χ1) is 7.72. The summed E-state index contributed by atoms with van der Waals surface area (Å²) in [5.41, 5.74) is 0. The number of unbranched alkanes of at least 4 members (excludes halogenated alkanes) is 2. The van der Waals surface area contributed by atoms with Crippen LogP contribution in [0.5, 0.6) is 0 Å². The second kappa shape index (κ2) is 6.86. The van der Waals surface area contributed by atoms with Crippen molar-refractivity contribution >= 4 is 5.97 Å². The lowest BCUT2D eigenvalue weighted by Crippen LogP contribution is -2.23. The minimum absolute atomic E-state index is 0.0447. The molecule has 1 aliphatic rings. The van der Waals surface area contributed by atoms with Gasteiger partial charge in [-0.05, 0) is 25.7 Å². The highest BCUT2D eigenvalue weighted by Gasteiger charge is 2.19. The Balaban J connectivity index is 1.96. The lowest BCUT2D eigenvalue weighted by Gasteiger charge is -2.21. The van der Waals surface area contributed by atoms with E-state index in [1.54, 1.807) is 0 Å². The van der Waals surface area contributed by atoms with Crippen molar-refractivity contribution in [1.82, 2.24) is 0 Å². The minimum Gasteiger partial charge on any atom is -0.462 e. The van der Waals surface area contributed by atoms with Crippen LogP contribution < -0.4 is 0 Å². The molecule has 0 aliphatic carbocycles. The Hall–Kier alpha value is -0.530. The van der Waals surface area contributed by atoms with Crippen LogP contribution >= 0.6 is 0 Å². The normalized spacial score (nSPS) is 26.3. The Morgan fingerprint density at radius 3 is 3.14 bits per heavy atom. The van der Waals surface area contributed by atoms with Crippen molar-refractivity contribution < 1.29 is 12.3 Å². The summed E-state index contributed by atoms with van der Waals surface area (Å²) >= 11 is 0. The number of esters is 1. The summed E-state index contributed by atoms with van der Waals surface area (Å²) in [5.74, 6) is -0.0447. The third-order valence-corrected chi connectivity index (χ3v) is 2.64. The van der Waals surface area contributed by atoms with E-state index in [-0.39, 0.29) is 25.4 Å². The average molecular weight is 200 g/mol. The molecule has 0 radical (unpaired) electrons. The molecular weight excluding hydrogens is 176 g/mol. The van der Waals surface area contributed by atoms with Crippen molar-refractivity contribution in [1.29, 1.82) is 0 Å². The molecule has 1 aliphatic heterocycles. The number of cyclic esters (lactones) is 1. The maximum absolute atomic E-state index is 11.0. The summed E-state index contributed by atoms with van der Waals surface area (Å²) in [4.78, 5) is 11.0. The highest BCUT2D eigenvalue weighted by atomic mass is 16.5. The summed E-state index contributed by atoms with van der Waals surface area (Å²) in [6, 6.07) is 0. The lowest BCUT2D eigenvalue weighted by molar-refractivity contribution is -0.154. The van der Waals surface area contributed by atoms with E-state index in [1.165, 1.54) is 0 Å². The number of carbonyl (C=O) groups is 1. The summed E-state index contributed by atoms with van der Waals surface area (Å²) in [6.07, 6.45) is 7.47. The molecule has 14 heavy (non-hydrogen) atoms. The Morgan fingerprint density at radius 2 is 2.36 bits per heavy atom. The van der Waals surface area contributed by atoms with Crippen molar-refractivity contribution in [3.8, 4) is 0 Å². The summed E-state index contributed by atoms with van der Waals surface area (Å²) in [7, 11) is 0. The zero-order valence-electron chi connectivity index (χ0n) is 10.8. The standard InChI is InChI=1S/C12H22O2/c1-2-3-4-5-6-8-11-9-7-10-12(13)14-11/h11H,2-10H2,1H3/i1D,2D. The second-order valence-electron chi connectivity index (χ2n) is 3.93. The summed E-state index contributed by atoms with van der Waals surface area (Å²) in [5, 5.41) is 0. The summed E-state index contributed by atoms with van der Waals surface area (Å²) < 4.78 is 19.7. The SMILES string of the molecule is [2H]CC([2H])CCCCCC1CCCC(=O)O1. The quantitative estimate of drug-likeness (QED) is 0.485. The van der Waals surface area contributed by atoms with Gasteiger partial charge in [0, 0.05) is 9.16 Å². The molecule has 1 rings (SSSR count). The highest BCUT2D eigenvalue weighted by molar-refractivity contribution is 5.70. The van der Waals surface area contributed by atoms with Crippen LogP contribution in [0.4, 0.5) is 0 Å². The molecule has 2 atom stereocenters. The molecule has 0 N–H and O–H groups in total. The van der Waals surface area contributed by atoms with Gasteiger partial charge in [-0.15, -0.1) is 0 Å². The van der Waals surface area contributed by atoms with Gasteiger partial charge in [-0.25, -0.2) is 0 Å². The molecule has 2 nitrogen and oxygen atoms in total. The zero-order valence-corrected chi connectivity index (χ0v) is 8.84. The highest BCUT2D eigenvalue weighted by Crippen LogP contribution is 2.19. The molecule has 0 spiro atoms. The zero-order chi connectivity index (χ0) is 11.8. The maximum atomic E-state index is 11.0. The van der Waals surface area contributed by atoms with Gasteiger partial charge in [-0.1, -0.05) is 32.6 Å². The number of ether oxygens (including phenoxy) is 1. The van der Waals surface area contributed by atoms with Crippen molar-refractivity contribution in [2.24, 2.45) is 0 Å². The fourth-order valence-electron chi connectivity index (χ4n) is 1.82. The maximum Gasteiger partial charge on any atom is 0.306 e. The fraction of sp³-hybridized carbons (Fsp3) is 0.917. The third-order valence-electron chi connectivity index (χ3n) is 2.64. The average Bonchev–Trinajstić information content (AvgIpc) is 2.28. The van der Waals surface area contributed by atoms with Crippen LogP contribution in [-0.2, 0) is 9.53 Å². The molecule has 0 aromatic heterocycles. The van der Waals surface area contributed by atoms with Gasteiger partial charge in [0.25, 0.3) is 0 Å². The van der Waals surface area contributed by atoms with E-state index in [4.69, 9.17) is 7.48 Å². The summed E-state index contributed by atoms with van der Waals surface area (Å²) in [6.45, 7) is 0.209. The molecule has 0 bridgehead atoms. The molecule has 1 heterocycles. The smallest absolute Gasteiger partial charge is 0.306 e. The monoisotopic (exact) mass is 200 g/mol. The van der Waals surface area contributed by atoms with E-state index in [0.717, 1.165) is 44.9 Å². The number of carbonyl (C=O) groups excluding carboxylic acids is 1. The van der Waals surface area contributed by atoms with Crippen LogP contribution in [0.1, 0.15) is 67.4 Å². The molecule has 2 unspecified atom stereocenters. The second-order valence-corrected chi connectivity index (χ2v) is 3.93. The number of hydrogen-bond acceptors (Lipinski definition) is 2. The van der Waals surface area contributed by atoms with Crippen LogP contribution in [0.25, 0.3) is 0 Å². The molecule has 0 aromatic rings. The van der Waals surface area contributed by atoms with Crippen LogP contribution in [0.3, 0.4) is 0 Å². The fourth-order valence-corrected chi connectivity index (χ4v) is 1.82. The number of hydrogen-bond donors (Lipinski definition) is 0. The van der Waals surface area contributed by atoms with Crippen molar-refractivity contribution in [2.45, 2.75) is 70.8 Å². The van der Waals surface area contributed by atoms with Gasteiger partial charge in [-0.2, -0.15) is 0 Å². The topological polar surface area (TPSA) is 26.3 Å².